The van der Waals surface area contributed by atoms with Crippen LogP contribution >= 0.6 is 0 Å². The van der Waals surface area contributed by atoms with E-state index in [1.807, 2.05) is 0 Å². The number of hydrogen-bond acceptors (Lipinski definition) is 2. The van der Waals surface area contributed by atoms with Crippen LogP contribution in [0.15, 0.2) is 24.3 Å². The molecule has 0 N–H and O–H groups in total. The number of hydrogen-bond donors (Lipinski definition) is 0. The maximum atomic E-state index is 2.43. The number of para-hydroxylation sites is 1. The average molecular weight is 204 g/mol. The summed E-state index contributed by atoms with van der Waals surface area (Å²) in [6.07, 6.45) is 2.49. The normalized spacial score (nSPS) is 20.5. The van der Waals surface area contributed by atoms with Crippen molar-refractivity contribution in [1.82, 2.24) is 4.90 Å². The van der Waals surface area contributed by atoms with E-state index in [0.717, 1.165) is 6.54 Å². The Morgan fingerprint density at radius 3 is 2.80 bits per heavy atom. The Kier molecular flexibility index (Phi) is 2.96. The predicted molar refractivity (Wildman–Crippen MR) is 65.5 cm³/mol. The Labute approximate surface area is 92.5 Å². The van der Waals surface area contributed by atoms with E-state index in [-0.39, 0.29) is 0 Å². The zero-order chi connectivity index (χ0) is 10.8. The summed E-state index contributed by atoms with van der Waals surface area (Å²) in [5, 5.41) is 0. The van der Waals surface area contributed by atoms with Gasteiger partial charge in [-0.2, -0.15) is 0 Å². The fraction of sp³-hybridized carbons (Fsp3) is 0.538. The highest BCUT2D eigenvalue weighted by Crippen LogP contribution is 2.29. The number of anilines is 1. The second-order valence-corrected chi connectivity index (χ2v) is 4.69. The van der Waals surface area contributed by atoms with Crippen LogP contribution in [-0.4, -0.2) is 38.6 Å². The molecule has 1 aliphatic heterocycles. The van der Waals surface area contributed by atoms with Gasteiger partial charge >= 0.3 is 0 Å². The molecule has 0 aromatic heterocycles. The molecule has 15 heavy (non-hydrogen) atoms. The zero-order valence-corrected chi connectivity index (χ0v) is 9.90. The van der Waals surface area contributed by atoms with Gasteiger partial charge in [-0.3, -0.25) is 0 Å². The molecule has 2 heteroatoms. The molecule has 0 aliphatic carbocycles. The molecule has 0 saturated carbocycles. The standard InChI is InChI=1S/C13H20N2/c1-14(2)10-12-9-8-11-6-4-5-7-13(11)15(12)3/h4-7,12H,8-10H2,1-3H3/t12-/m0/s1. The van der Waals surface area contributed by atoms with E-state index in [1.165, 1.54) is 24.1 Å². The highest BCUT2D eigenvalue weighted by atomic mass is 15.2. The lowest BCUT2D eigenvalue weighted by atomic mass is 9.96. The summed E-state index contributed by atoms with van der Waals surface area (Å²) >= 11 is 0. The van der Waals surface area contributed by atoms with Crippen LogP contribution in [0.4, 0.5) is 5.69 Å². The fourth-order valence-corrected chi connectivity index (χ4v) is 2.41. The van der Waals surface area contributed by atoms with E-state index in [0.29, 0.717) is 6.04 Å². The van der Waals surface area contributed by atoms with Crippen LogP contribution in [-0.2, 0) is 6.42 Å². The summed E-state index contributed by atoms with van der Waals surface area (Å²) < 4.78 is 0. The minimum absolute atomic E-state index is 0.662. The number of nitrogens with zero attached hydrogens (tertiary/aromatic N) is 2. The van der Waals surface area contributed by atoms with E-state index in [9.17, 15) is 0 Å². The van der Waals surface area contributed by atoms with Crippen LogP contribution in [0.2, 0.25) is 0 Å². The maximum absolute atomic E-state index is 2.43. The van der Waals surface area contributed by atoms with Crippen molar-refractivity contribution in [3.8, 4) is 0 Å². The highest BCUT2D eigenvalue weighted by Gasteiger charge is 2.22. The molecular weight excluding hydrogens is 184 g/mol. The van der Waals surface area contributed by atoms with E-state index in [4.69, 9.17) is 0 Å². The Hall–Kier alpha value is -1.02. The van der Waals surface area contributed by atoms with Gasteiger partial charge in [0.05, 0.1) is 0 Å². The van der Waals surface area contributed by atoms with Crippen LogP contribution in [0.25, 0.3) is 0 Å². The number of aryl methyl sites for hydroxylation is 1. The monoisotopic (exact) mass is 204 g/mol. The summed E-state index contributed by atoms with van der Waals surface area (Å²) in [6.45, 7) is 1.14. The number of benzene rings is 1. The molecule has 0 bridgehead atoms. The van der Waals surface area contributed by atoms with Crippen molar-refractivity contribution in [2.24, 2.45) is 0 Å². The largest absolute Gasteiger partial charge is 0.370 e. The molecule has 82 valence electrons. The fourth-order valence-electron chi connectivity index (χ4n) is 2.41. The van der Waals surface area contributed by atoms with Crippen LogP contribution in [0, 0.1) is 0 Å². The van der Waals surface area contributed by atoms with E-state index < -0.39 is 0 Å². The van der Waals surface area contributed by atoms with Gasteiger partial charge in [0.2, 0.25) is 0 Å². The molecule has 1 atom stereocenters. The molecule has 2 rings (SSSR count). The molecule has 1 aliphatic rings. The Balaban J connectivity index is 2.18. The van der Waals surface area contributed by atoms with Crippen molar-refractivity contribution in [3.05, 3.63) is 29.8 Å². The van der Waals surface area contributed by atoms with Gasteiger partial charge < -0.3 is 9.80 Å². The summed E-state index contributed by atoms with van der Waals surface area (Å²) in [6, 6.07) is 9.41. The molecule has 1 heterocycles. The Bertz CT molecular complexity index is 333. The van der Waals surface area contributed by atoms with Gasteiger partial charge in [-0.1, -0.05) is 18.2 Å². The minimum atomic E-state index is 0.662. The van der Waals surface area contributed by atoms with Gasteiger partial charge in [0.15, 0.2) is 0 Å². The topological polar surface area (TPSA) is 6.48 Å². The highest BCUT2D eigenvalue weighted by molar-refractivity contribution is 5.55. The first kappa shape index (κ1) is 10.5. The first-order valence-electron chi connectivity index (χ1n) is 5.64. The summed E-state index contributed by atoms with van der Waals surface area (Å²) in [7, 11) is 6.51. The SMILES string of the molecule is CN(C)C[C@@H]1CCc2ccccc2N1C. The van der Waals surface area contributed by atoms with E-state index >= 15 is 0 Å². The molecule has 0 saturated heterocycles. The Morgan fingerprint density at radius 2 is 2.07 bits per heavy atom. The number of rotatable bonds is 2. The second-order valence-electron chi connectivity index (χ2n) is 4.69. The van der Waals surface area contributed by atoms with Gasteiger partial charge in [0, 0.05) is 25.3 Å². The smallest absolute Gasteiger partial charge is 0.0416 e. The van der Waals surface area contributed by atoms with Gasteiger partial charge in [-0.15, -0.1) is 0 Å². The summed E-state index contributed by atoms with van der Waals surface area (Å²) in [4.78, 5) is 4.70. The second kappa shape index (κ2) is 4.23. The van der Waals surface area contributed by atoms with Gasteiger partial charge in [-0.25, -0.2) is 0 Å². The van der Waals surface area contributed by atoms with Crippen molar-refractivity contribution in [2.75, 3.05) is 32.6 Å². The Morgan fingerprint density at radius 1 is 1.33 bits per heavy atom. The van der Waals surface area contributed by atoms with Crippen molar-refractivity contribution in [1.29, 1.82) is 0 Å². The van der Waals surface area contributed by atoms with Crippen LogP contribution in [0.3, 0.4) is 0 Å². The molecule has 0 spiro atoms. The first-order chi connectivity index (χ1) is 7.18. The van der Waals surface area contributed by atoms with Crippen LogP contribution in [0.1, 0.15) is 12.0 Å². The number of fused-ring (bicyclic) bond motifs is 1. The van der Waals surface area contributed by atoms with Gasteiger partial charge in [0.1, 0.15) is 0 Å². The third-order valence-corrected chi connectivity index (χ3v) is 3.24. The molecule has 2 nitrogen and oxygen atoms in total. The zero-order valence-electron chi connectivity index (χ0n) is 9.90. The summed E-state index contributed by atoms with van der Waals surface area (Å²) in [5.74, 6) is 0. The first-order valence-corrected chi connectivity index (χ1v) is 5.64. The van der Waals surface area contributed by atoms with Crippen molar-refractivity contribution in [2.45, 2.75) is 18.9 Å². The van der Waals surface area contributed by atoms with E-state index in [1.54, 1.807) is 0 Å². The lowest BCUT2D eigenvalue weighted by Crippen LogP contribution is -2.42. The van der Waals surface area contributed by atoms with Crippen molar-refractivity contribution < 1.29 is 0 Å². The third-order valence-electron chi connectivity index (χ3n) is 3.24. The van der Waals surface area contributed by atoms with Crippen molar-refractivity contribution in [3.63, 3.8) is 0 Å². The van der Waals surface area contributed by atoms with Crippen LogP contribution in [0.5, 0.6) is 0 Å². The molecule has 0 amide bonds. The minimum Gasteiger partial charge on any atom is -0.370 e. The van der Waals surface area contributed by atoms with Crippen molar-refractivity contribution >= 4 is 5.69 Å². The lowest BCUT2D eigenvalue weighted by molar-refractivity contribution is 0.352. The van der Waals surface area contributed by atoms with Gasteiger partial charge in [0.25, 0.3) is 0 Å². The lowest BCUT2D eigenvalue weighted by Gasteiger charge is -2.37. The molecule has 0 unspecified atom stereocenters. The molecule has 1 aromatic rings. The quantitative estimate of drug-likeness (QED) is 0.727. The molecule has 0 radical (unpaired) electrons. The van der Waals surface area contributed by atoms with Crippen LogP contribution < -0.4 is 4.90 Å². The summed E-state index contributed by atoms with van der Waals surface area (Å²) in [5.41, 5.74) is 2.91. The maximum Gasteiger partial charge on any atom is 0.0416 e. The predicted octanol–water partition coefficient (Wildman–Crippen LogP) is 2.00. The van der Waals surface area contributed by atoms with Gasteiger partial charge in [-0.05, 0) is 38.6 Å². The van der Waals surface area contributed by atoms with E-state index in [2.05, 4.69) is 55.2 Å². The molecule has 1 aromatic carbocycles. The molecule has 0 fully saturated rings. The average Bonchev–Trinajstić information content (AvgIpc) is 2.22. The number of likely N-dealkylation sites (N-methyl/N-ethyl adjacent to an activating group) is 2. The third kappa shape index (κ3) is 2.15. The molecular formula is C13H20N2.